The van der Waals surface area contributed by atoms with Crippen LogP contribution in [0.3, 0.4) is 0 Å². The number of carbonyl (C=O) groups is 2. The van der Waals surface area contributed by atoms with Crippen molar-refractivity contribution in [2.75, 3.05) is 0 Å². The molecule has 0 unspecified atom stereocenters. The smallest absolute Gasteiger partial charge is 0.343 e. The summed E-state index contributed by atoms with van der Waals surface area (Å²) in [5.41, 5.74) is 3.65. The van der Waals surface area contributed by atoms with Crippen molar-refractivity contribution in [2.45, 2.75) is 0 Å². The number of phenols is 1. The third kappa shape index (κ3) is 5.01. The normalized spacial score (nSPS) is 10.6. The van der Waals surface area contributed by atoms with Crippen LogP contribution >= 0.6 is 0 Å². The number of hydrazone groups is 1. The van der Waals surface area contributed by atoms with Gasteiger partial charge in [-0.15, -0.1) is 0 Å². The van der Waals surface area contributed by atoms with Crippen LogP contribution in [-0.4, -0.2) is 23.2 Å². The van der Waals surface area contributed by atoms with Gasteiger partial charge in [-0.25, -0.2) is 14.6 Å². The molecule has 0 saturated carbocycles. The highest BCUT2D eigenvalue weighted by Crippen LogP contribution is 2.14. The lowest BCUT2D eigenvalue weighted by Gasteiger charge is -2.04. The predicted molar refractivity (Wildman–Crippen MR) is 101 cm³/mol. The molecule has 140 valence electrons. The van der Waals surface area contributed by atoms with Crippen molar-refractivity contribution in [3.05, 3.63) is 95.3 Å². The van der Waals surface area contributed by atoms with E-state index in [9.17, 15) is 19.1 Å². The summed E-state index contributed by atoms with van der Waals surface area (Å²) < 4.78 is 18.1. The number of rotatable bonds is 5. The van der Waals surface area contributed by atoms with Gasteiger partial charge in [0.1, 0.15) is 17.3 Å². The first-order valence-electron chi connectivity index (χ1n) is 8.21. The number of ether oxygens (including phenoxy) is 1. The van der Waals surface area contributed by atoms with E-state index in [0.717, 1.165) is 0 Å². The highest BCUT2D eigenvalue weighted by Gasteiger charge is 2.08. The molecule has 3 aromatic rings. The van der Waals surface area contributed by atoms with Crippen molar-refractivity contribution in [3.63, 3.8) is 0 Å². The molecule has 7 heteroatoms. The fourth-order valence-corrected chi connectivity index (χ4v) is 2.22. The molecule has 0 heterocycles. The molecular weight excluding hydrogens is 363 g/mol. The molecule has 1 amide bonds. The number of aromatic hydroxyl groups is 1. The second-order valence-electron chi connectivity index (χ2n) is 5.71. The largest absolute Gasteiger partial charge is 0.508 e. The number of hydrogen-bond donors (Lipinski definition) is 2. The Kier molecular flexibility index (Phi) is 5.76. The lowest BCUT2D eigenvalue weighted by molar-refractivity contribution is 0.0734. The lowest BCUT2D eigenvalue weighted by Crippen LogP contribution is -2.17. The first-order chi connectivity index (χ1) is 13.5. The minimum absolute atomic E-state index is 0.0697. The molecule has 0 radical (unpaired) electrons. The first-order valence-corrected chi connectivity index (χ1v) is 8.21. The van der Waals surface area contributed by atoms with Gasteiger partial charge in [-0.3, -0.25) is 4.79 Å². The van der Waals surface area contributed by atoms with Gasteiger partial charge in [0.05, 0.1) is 11.8 Å². The van der Waals surface area contributed by atoms with Crippen LogP contribution in [-0.2, 0) is 0 Å². The molecule has 3 aromatic carbocycles. The molecule has 0 atom stereocenters. The number of amides is 1. The van der Waals surface area contributed by atoms with Crippen LogP contribution in [0.15, 0.2) is 77.9 Å². The topological polar surface area (TPSA) is 88.0 Å². The van der Waals surface area contributed by atoms with Crippen LogP contribution in [0.4, 0.5) is 4.39 Å². The predicted octanol–water partition coefficient (Wildman–Crippen LogP) is 3.51. The van der Waals surface area contributed by atoms with Crippen LogP contribution in [0, 0.1) is 5.82 Å². The van der Waals surface area contributed by atoms with Crippen LogP contribution in [0.25, 0.3) is 0 Å². The van der Waals surface area contributed by atoms with Gasteiger partial charge in [-0.2, -0.15) is 5.10 Å². The zero-order valence-corrected chi connectivity index (χ0v) is 14.5. The highest BCUT2D eigenvalue weighted by atomic mass is 19.1. The van der Waals surface area contributed by atoms with E-state index in [1.165, 1.54) is 54.7 Å². The SMILES string of the molecule is O=C(N/N=C/c1ccc(OC(=O)c2ccc(F)cc2)cc1)c1ccc(O)cc1. The van der Waals surface area contributed by atoms with Gasteiger partial charge in [0.15, 0.2) is 0 Å². The fraction of sp³-hybridized carbons (Fsp3) is 0. The average Bonchev–Trinajstić information content (AvgIpc) is 2.70. The summed E-state index contributed by atoms with van der Waals surface area (Å²) in [6.07, 6.45) is 1.43. The molecule has 6 nitrogen and oxygen atoms in total. The number of carbonyl (C=O) groups excluding carboxylic acids is 2. The third-order valence-corrected chi connectivity index (χ3v) is 3.68. The maximum atomic E-state index is 12.9. The highest BCUT2D eigenvalue weighted by molar-refractivity contribution is 5.95. The molecular formula is C21H15FN2O4. The summed E-state index contributed by atoms with van der Waals surface area (Å²) in [6, 6.07) is 17.3. The van der Waals surface area contributed by atoms with Crippen molar-refractivity contribution in [3.8, 4) is 11.5 Å². The molecule has 0 aromatic heterocycles. The molecule has 0 bridgehead atoms. The van der Waals surface area contributed by atoms with Gasteiger partial charge >= 0.3 is 5.97 Å². The van der Waals surface area contributed by atoms with Crippen molar-refractivity contribution < 1.29 is 23.8 Å². The number of benzene rings is 3. The summed E-state index contributed by atoms with van der Waals surface area (Å²) in [4.78, 5) is 23.9. The van der Waals surface area contributed by atoms with E-state index in [-0.39, 0.29) is 11.3 Å². The molecule has 0 aliphatic carbocycles. The van der Waals surface area contributed by atoms with Gasteiger partial charge in [0, 0.05) is 5.56 Å². The molecule has 3 rings (SSSR count). The quantitative estimate of drug-likeness (QED) is 0.308. The zero-order chi connectivity index (χ0) is 19.9. The van der Waals surface area contributed by atoms with E-state index in [4.69, 9.17) is 4.74 Å². The van der Waals surface area contributed by atoms with E-state index in [0.29, 0.717) is 16.9 Å². The van der Waals surface area contributed by atoms with E-state index >= 15 is 0 Å². The second-order valence-corrected chi connectivity index (χ2v) is 5.71. The molecule has 0 saturated heterocycles. The Morgan fingerprint density at radius 2 is 1.50 bits per heavy atom. The third-order valence-electron chi connectivity index (χ3n) is 3.68. The van der Waals surface area contributed by atoms with E-state index in [1.54, 1.807) is 24.3 Å². The Bertz CT molecular complexity index is 998. The van der Waals surface area contributed by atoms with Gasteiger partial charge in [0.2, 0.25) is 0 Å². The first kappa shape index (κ1) is 18.8. The van der Waals surface area contributed by atoms with Gasteiger partial charge < -0.3 is 9.84 Å². The lowest BCUT2D eigenvalue weighted by atomic mass is 10.2. The van der Waals surface area contributed by atoms with Gasteiger partial charge in [-0.05, 0) is 78.4 Å². The summed E-state index contributed by atoms with van der Waals surface area (Å²) in [5.74, 6) is -1.05. The van der Waals surface area contributed by atoms with Crippen LogP contribution < -0.4 is 10.2 Å². The Hall–Kier alpha value is -4.00. The number of nitrogens with zero attached hydrogens (tertiary/aromatic N) is 1. The Morgan fingerprint density at radius 3 is 2.14 bits per heavy atom. The standard InChI is InChI=1S/C21H15FN2O4/c22-17-7-3-16(4-8-17)21(27)28-19-11-1-14(2-12-19)13-23-24-20(26)15-5-9-18(25)10-6-15/h1-13,25H,(H,24,26)/b23-13+. The minimum Gasteiger partial charge on any atom is -0.508 e. The van der Waals surface area contributed by atoms with E-state index in [1.807, 2.05) is 0 Å². The number of nitrogens with one attached hydrogen (secondary N) is 1. The van der Waals surface area contributed by atoms with Gasteiger partial charge in [-0.1, -0.05) is 0 Å². The summed E-state index contributed by atoms with van der Waals surface area (Å²) in [7, 11) is 0. The molecule has 0 aliphatic rings. The van der Waals surface area contributed by atoms with E-state index in [2.05, 4.69) is 10.5 Å². The maximum Gasteiger partial charge on any atom is 0.343 e. The minimum atomic E-state index is -0.595. The van der Waals surface area contributed by atoms with Crippen molar-refractivity contribution in [1.29, 1.82) is 0 Å². The summed E-state index contributed by atoms with van der Waals surface area (Å²) in [5, 5.41) is 13.1. The van der Waals surface area contributed by atoms with Crippen LogP contribution in [0.2, 0.25) is 0 Å². The molecule has 28 heavy (non-hydrogen) atoms. The Labute approximate surface area is 159 Å². The maximum absolute atomic E-state index is 12.9. The van der Waals surface area contributed by atoms with Crippen molar-refractivity contribution >= 4 is 18.1 Å². The van der Waals surface area contributed by atoms with Crippen LogP contribution in [0.5, 0.6) is 11.5 Å². The fourth-order valence-electron chi connectivity index (χ4n) is 2.22. The van der Waals surface area contributed by atoms with Crippen LogP contribution in [0.1, 0.15) is 26.3 Å². The Morgan fingerprint density at radius 1 is 0.893 bits per heavy atom. The molecule has 0 spiro atoms. The van der Waals surface area contributed by atoms with Crippen molar-refractivity contribution in [2.24, 2.45) is 5.10 Å². The van der Waals surface area contributed by atoms with Gasteiger partial charge in [0.25, 0.3) is 5.91 Å². The molecule has 0 aliphatic heterocycles. The zero-order valence-electron chi connectivity index (χ0n) is 14.5. The summed E-state index contributed by atoms with van der Waals surface area (Å²) >= 11 is 0. The molecule has 0 fully saturated rings. The van der Waals surface area contributed by atoms with E-state index < -0.39 is 17.7 Å². The number of esters is 1. The average molecular weight is 378 g/mol. The number of phenolic OH excluding ortho intramolecular Hbond substituents is 1. The Balaban J connectivity index is 1.55. The second kappa shape index (κ2) is 8.59. The number of hydrogen-bond acceptors (Lipinski definition) is 5. The van der Waals surface area contributed by atoms with Crippen molar-refractivity contribution in [1.82, 2.24) is 5.43 Å². The summed E-state index contributed by atoms with van der Waals surface area (Å²) in [6.45, 7) is 0. The number of halogens is 1. The monoisotopic (exact) mass is 378 g/mol. The molecule has 2 N–H and O–H groups in total.